The standard InChI is InChI=1S/C31H29ClF3N7O2S/c1-41-19-10-38-9-14(19)12-43-26-22-25(39-30(40-29(22)41)44-13-31-5-2-6-42(31)11-15(33)7-31)24(35)21(23(26)32)16-3-4-18(34)27-20(16)17(8-36)28(37)45-27/h3-4,14-15,19,38H,2,5-7,9-13,37H2,1H3/t14?,15-,19?,31+/m1/s1. The summed E-state index contributed by atoms with van der Waals surface area (Å²) in [5.41, 5.74) is 5.69. The number of hydrogen-bond donors (Lipinski definition) is 2. The fourth-order valence-corrected chi connectivity index (χ4v) is 9.06. The van der Waals surface area contributed by atoms with Crippen LogP contribution in [0.4, 0.5) is 24.0 Å². The maximum atomic E-state index is 17.0. The van der Waals surface area contributed by atoms with E-state index in [1.807, 2.05) is 18.0 Å². The van der Waals surface area contributed by atoms with E-state index in [-0.39, 0.29) is 78.0 Å². The van der Waals surface area contributed by atoms with Gasteiger partial charge in [-0.2, -0.15) is 15.2 Å². The smallest absolute Gasteiger partial charge is 0.319 e. The molecule has 0 saturated carbocycles. The van der Waals surface area contributed by atoms with Gasteiger partial charge in [0, 0.05) is 56.0 Å². The molecule has 8 rings (SSSR count). The van der Waals surface area contributed by atoms with Gasteiger partial charge in [0.25, 0.3) is 0 Å². The molecule has 4 aliphatic heterocycles. The van der Waals surface area contributed by atoms with Crippen molar-refractivity contribution in [2.75, 3.05) is 57.1 Å². The first-order valence-electron chi connectivity index (χ1n) is 14.9. The lowest BCUT2D eigenvalue weighted by atomic mass is 9.95. The van der Waals surface area contributed by atoms with Gasteiger partial charge in [0.2, 0.25) is 0 Å². The molecule has 234 valence electrons. The van der Waals surface area contributed by atoms with Crippen LogP contribution in [0.15, 0.2) is 12.1 Å². The highest BCUT2D eigenvalue weighted by Crippen LogP contribution is 2.51. The number of nitrogen functional groups attached to an aromatic ring is 1. The van der Waals surface area contributed by atoms with Crippen LogP contribution in [-0.2, 0) is 0 Å². The number of hydrogen-bond acceptors (Lipinski definition) is 10. The molecule has 4 atom stereocenters. The average molecular weight is 656 g/mol. The molecule has 45 heavy (non-hydrogen) atoms. The summed E-state index contributed by atoms with van der Waals surface area (Å²) in [6.07, 6.45) is 1.16. The minimum atomic E-state index is -0.934. The number of halogens is 4. The molecule has 0 bridgehead atoms. The largest absolute Gasteiger partial charge is 0.491 e. The number of nitrogens with two attached hydrogens (primary N) is 1. The molecular formula is C31H29ClF3N7O2S. The summed E-state index contributed by atoms with van der Waals surface area (Å²) in [5, 5.41) is 13.8. The lowest BCUT2D eigenvalue weighted by Gasteiger charge is -2.34. The zero-order valence-corrected chi connectivity index (χ0v) is 25.9. The van der Waals surface area contributed by atoms with Crippen LogP contribution in [0.1, 0.15) is 24.8 Å². The molecule has 14 heteroatoms. The van der Waals surface area contributed by atoms with E-state index in [4.69, 9.17) is 31.8 Å². The number of alkyl halides is 1. The predicted octanol–water partition coefficient (Wildman–Crippen LogP) is 5.27. The van der Waals surface area contributed by atoms with Gasteiger partial charge >= 0.3 is 6.01 Å². The van der Waals surface area contributed by atoms with Crippen molar-refractivity contribution in [1.29, 1.82) is 5.26 Å². The number of ether oxygens (including phenoxy) is 2. The number of thiophene rings is 1. The van der Waals surface area contributed by atoms with Crippen molar-refractivity contribution in [2.24, 2.45) is 5.92 Å². The third-order valence-corrected chi connectivity index (χ3v) is 11.3. The van der Waals surface area contributed by atoms with Crippen LogP contribution >= 0.6 is 22.9 Å². The Kier molecular flexibility index (Phi) is 6.73. The van der Waals surface area contributed by atoms with Crippen molar-refractivity contribution in [3.8, 4) is 29.0 Å². The molecule has 0 radical (unpaired) electrons. The highest BCUT2D eigenvalue weighted by Gasteiger charge is 2.49. The van der Waals surface area contributed by atoms with Gasteiger partial charge in [0.1, 0.15) is 41.0 Å². The number of benzene rings is 2. The van der Waals surface area contributed by atoms with Gasteiger partial charge in [-0.15, -0.1) is 11.3 Å². The van der Waals surface area contributed by atoms with Gasteiger partial charge in [-0.25, -0.2) is 13.2 Å². The van der Waals surface area contributed by atoms with E-state index in [1.54, 1.807) is 0 Å². The van der Waals surface area contributed by atoms with Crippen LogP contribution in [0.5, 0.6) is 11.8 Å². The lowest BCUT2D eigenvalue weighted by Crippen LogP contribution is -2.44. The number of likely N-dealkylation sites (N-methyl/N-ethyl adjacent to an activating group) is 1. The molecule has 0 aliphatic carbocycles. The number of anilines is 2. The molecule has 2 aromatic heterocycles. The summed E-state index contributed by atoms with van der Waals surface area (Å²) in [6.45, 7) is 3.01. The Balaban J connectivity index is 1.35. The zero-order valence-electron chi connectivity index (χ0n) is 24.3. The van der Waals surface area contributed by atoms with Crippen LogP contribution in [0.2, 0.25) is 5.02 Å². The van der Waals surface area contributed by atoms with Gasteiger partial charge < -0.3 is 25.4 Å². The molecule has 2 aromatic carbocycles. The monoisotopic (exact) mass is 655 g/mol. The molecule has 2 unspecified atom stereocenters. The third kappa shape index (κ3) is 4.26. The second-order valence-electron chi connectivity index (χ2n) is 12.4. The molecule has 4 aromatic rings. The molecule has 0 amide bonds. The van der Waals surface area contributed by atoms with E-state index in [0.717, 1.165) is 30.7 Å². The Hall–Kier alpha value is -3.57. The van der Waals surface area contributed by atoms with Crippen molar-refractivity contribution in [2.45, 2.75) is 37.0 Å². The van der Waals surface area contributed by atoms with E-state index < -0.39 is 23.3 Å². The maximum absolute atomic E-state index is 17.0. The topological polar surface area (TPSA) is 113 Å². The highest BCUT2D eigenvalue weighted by atomic mass is 35.5. The Labute approximate surface area is 265 Å². The normalized spacial score (nSPS) is 26.0. The van der Waals surface area contributed by atoms with Gasteiger partial charge in [-0.1, -0.05) is 17.7 Å². The summed E-state index contributed by atoms with van der Waals surface area (Å²) in [5.74, 6) is -0.712. The molecule has 9 nitrogen and oxygen atoms in total. The molecule has 6 heterocycles. The second kappa shape index (κ2) is 10.5. The Morgan fingerprint density at radius 1 is 1.29 bits per heavy atom. The molecule has 3 fully saturated rings. The SMILES string of the molecule is CN1c2nc(OC[C@@]34CCCN3C[C@H](F)C4)nc3c(F)c(-c4ccc(F)c5sc(N)c(C#N)c45)c(Cl)c(c23)OCC2CNCC21. The van der Waals surface area contributed by atoms with E-state index in [9.17, 15) is 14.0 Å². The number of rotatable bonds is 4. The predicted molar refractivity (Wildman–Crippen MR) is 167 cm³/mol. The minimum absolute atomic E-state index is 0.000324. The van der Waals surface area contributed by atoms with Crippen molar-refractivity contribution in [3.63, 3.8) is 0 Å². The summed E-state index contributed by atoms with van der Waals surface area (Å²) >= 11 is 7.94. The lowest BCUT2D eigenvalue weighted by molar-refractivity contribution is 0.107. The first kappa shape index (κ1) is 28.9. The summed E-state index contributed by atoms with van der Waals surface area (Å²) in [6, 6.07) is 4.58. The van der Waals surface area contributed by atoms with Crippen LogP contribution in [0.3, 0.4) is 0 Å². The van der Waals surface area contributed by atoms with E-state index in [2.05, 4.69) is 15.2 Å². The molecular weight excluding hydrogens is 627 g/mol. The van der Waals surface area contributed by atoms with Crippen LogP contribution in [0.25, 0.3) is 32.1 Å². The number of nitrogens with one attached hydrogen (secondary N) is 1. The number of fused-ring (bicyclic) bond motifs is 3. The van der Waals surface area contributed by atoms with E-state index >= 15 is 4.39 Å². The van der Waals surface area contributed by atoms with Gasteiger partial charge in [-0.05, 0) is 31.0 Å². The third-order valence-electron chi connectivity index (χ3n) is 9.95. The van der Waals surface area contributed by atoms with Crippen molar-refractivity contribution in [1.82, 2.24) is 20.2 Å². The van der Waals surface area contributed by atoms with Crippen LogP contribution in [0, 0.1) is 28.9 Å². The first-order chi connectivity index (χ1) is 21.7. The average Bonchev–Trinajstić information content (AvgIpc) is 3.78. The van der Waals surface area contributed by atoms with Crippen molar-refractivity contribution >= 4 is 54.7 Å². The first-order valence-corrected chi connectivity index (χ1v) is 16.1. The Morgan fingerprint density at radius 3 is 2.96 bits per heavy atom. The summed E-state index contributed by atoms with van der Waals surface area (Å²) < 4.78 is 59.2. The second-order valence-corrected chi connectivity index (χ2v) is 13.8. The quantitative estimate of drug-likeness (QED) is 0.304. The highest BCUT2D eigenvalue weighted by molar-refractivity contribution is 7.23. The summed E-state index contributed by atoms with van der Waals surface area (Å²) in [7, 11) is 1.89. The van der Waals surface area contributed by atoms with E-state index in [1.165, 1.54) is 12.1 Å². The summed E-state index contributed by atoms with van der Waals surface area (Å²) in [4.78, 5) is 13.5. The van der Waals surface area contributed by atoms with Gasteiger partial charge in [0.15, 0.2) is 11.6 Å². The Bertz CT molecular complexity index is 1940. The number of aromatic nitrogens is 2. The Morgan fingerprint density at radius 2 is 2.13 bits per heavy atom. The fourth-order valence-electron chi connectivity index (χ4n) is 7.77. The van der Waals surface area contributed by atoms with Gasteiger partial charge in [0.05, 0.1) is 32.8 Å². The zero-order chi connectivity index (χ0) is 31.2. The maximum Gasteiger partial charge on any atom is 0.319 e. The van der Waals surface area contributed by atoms with Crippen LogP contribution < -0.4 is 25.4 Å². The molecule has 0 spiro atoms. The molecule has 3 saturated heterocycles. The number of nitriles is 1. The fraction of sp³-hybridized carbons (Fsp3) is 0.452. The molecule has 4 aliphatic rings. The van der Waals surface area contributed by atoms with Crippen molar-refractivity contribution in [3.05, 3.63) is 34.4 Å². The van der Waals surface area contributed by atoms with Gasteiger partial charge in [-0.3, -0.25) is 4.90 Å². The van der Waals surface area contributed by atoms with Crippen molar-refractivity contribution < 1.29 is 22.6 Å². The van der Waals surface area contributed by atoms with Crippen LogP contribution in [-0.4, -0.2) is 79.1 Å². The van der Waals surface area contributed by atoms with E-state index in [0.29, 0.717) is 38.5 Å². The molecule has 3 N–H and O–H groups in total. The number of nitrogens with zero attached hydrogens (tertiary/aromatic N) is 5. The minimum Gasteiger partial charge on any atom is -0.491 e.